The Balaban J connectivity index is 1.46. The van der Waals surface area contributed by atoms with Gasteiger partial charge in [-0.15, -0.1) is 0 Å². The lowest BCUT2D eigenvalue weighted by Gasteiger charge is -2.27. The van der Waals surface area contributed by atoms with Gasteiger partial charge in [-0.05, 0) is 54.5 Å². The molecule has 7 nitrogen and oxygen atoms in total. The van der Waals surface area contributed by atoms with Crippen LogP contribution in [0.3, 0.4) is 0 Å². The third-order valence-corrected chi connectivity index (χ3v) is 6.37. The molecule has 0 aliphatic carbocycles. The minimum Gasteiger partial charge on any atom is -0.388 e. The summed E-state index contributed by atoms with van der Waals surface area (Å²) in [6.07, 6.45) is 8.62. The smallest absolute Gasteiger partial charge is 0.142 e. The van der Waals surface area contributed by atoms with Crippen molar-refractivity contribution < 1.29 is 9.18 Å². The molecule has 0 amide bonds. The van der Waals surface area contributed by atoms with Crippen LogP contribution in [0.5, 0.6) is 0 Å². The van der Waals surface area contributed by atoms with E-state index >= 15 is 0 Å². The molecule has 0 saturated heterocycles. The van der Waals surface area contributed by atoms with Crippen molar-refractivity contribution in [3.63, 3.8) is 0 Å². The highest BCUT2D eigenvalue weighted by Gasteiger charge is 2.18. The predicted octanol–water partition coefficient (Wildman–Crippen LogP) is 4.19. The van der Waals surface area contributed by atoms with Gasteiger partial charge in [0.25, 0.3) is 0 Å². The molecule has 184 valence electrons. The van der Waals surface area contributed by atoms with E-state index in [1.165, 1.54) is 12.1 Å². The largest absolute Gasteiger partial charge is 0.388 e. The molecule has 0 saturated carbocycles. The van der Waals surface area contributed by atoms with Crippen molar-refractivity contribution in [2.45, 2.75) is 19.5 Å². The number of rotatable bonds is 9. The summed E-state index contributed by atoms with van der Waals surface area (Å²) in [4.78, 5) is 17.9. The van der Waals surface area contributed by atoms with E-state index in [-0.39, 0.29) is 6.54 Å². The third-order valence-electron chi connectivity index (χ3n) is 6.37. The Morgan fingerprint density at radius 1 is 1.25 bits per heavy atom. The minimum absolute atomic E-state index is 0.272. The number of imidazole rings is 1. The van der Waals surface area contributed by atoms with Crippen LogP contribution in [0, 0.1) is 17.1 Å². The van der Waals surface area contributed by atoms with E-state index in [0.29, 0.717) is 11.1 Å². The second-order valence-electron chi connectivity index (χ2n) is 8.63. The van der Waals surface area contributed by atoms with Gasteiger partial charge in [0.15, 0.2) is 0 Å². The van der Waals surface area contributed by atoms with E-state index in [9.17, 15) is 9.18 Å². The topological polar surface area (TPSA) is 86.0 Å². The van der Waals surface area contributed by atoms with Gasteiger partial charge in [0, 0.05) is 50.7 Å². The monoisotopic (exact) mass is 484 g/mol. The number of hydrogen-bond acceptors (Lipinski definition) is 6. The molecule has 2 N–H and O–H groups in total. The van der Waals surface area contributed by atoms with Gasteiger partial charge >= 0.3 is 0 Å². The Morgan fingerprint density at radius 2 is 2.11 bits per heavy atom. The summed E-state index contributed by atoms with van der Waals surface area (Å²) in [7, 11) is 3.94. The fourth-order valence-electron chi connectivity index (χ4n) is 4.27. The van der Waals surface area contributed by atoms with Gasteiger partial charge in [0.1, 0.15) is 17.9 Å². The maximum absolute atomic E-state index is 14.3. The van der Waals surface area contributed by atoms with Crippen molar-refractivity contribution in [3.05, 3.63) is 94.7 Å². The molecule has 1 aromatic heterocycles. The number of aldehydes is 1. The zero-order valence-corrected chi connectivity index (χ0v) is 20.5. The molecule has 1 aliphatic heterocycles. The first-order chi connectivity index (χ1) is 17.5. The van der Waals surface area contributed by atoms with Crippen molar-refractivity contribution >= 4 is 23.0 Å². The van der Waals surface area contributed by atoms with Crippen LogP contribution in [0.15, 0.2) is 72.0 Å². The number of carbonyl (C=O) groups is 1. The molecular formula is C28H29FN6O. The summed E-state index contributed by atoms with van der Waals surface area (Å²) in [5, 5.41) is 15.4. The van der Waals surface area contributed by atoms with E-state index in [0.717, 1.165) is 66.2 Å². The number of allylic oxidation sites excluding steroid dienone is 4. The van der Waals surface area contributed by atoms with Crippen LogP contribution >= 0.6 is 0 Å². The second kappa shape index (κ2) is 11.5. The number of carbonyl (C=O) groups excluding carboxylic acids is 1. The molecule has 36 heavy (non-hydrogen) atoms. The van der Waals surface area contributed by atoms with Crippen LogP contribution in [-0.4, -0.2) is 40.9 Å². The fraction of sp³-hybridized carbons (Fsp3) is 0.250. The van der Waals surface area contributed by atoms with Crippen LogP contribution in [0.4, 0.5) is 10.1 Å². The first-order valence-corrected chi connectivity index (χ1v) is 11.8. The van der Waals surface area contributed by atoms with E-state index in [1.807, 2.05) is 32.3 Å². The SMILES string of the molecule is CNc1ccc2c(c1)nc(CN1CC=C(/C(=C/C=C\C=O)NCc3ccc(C#N)cc3F)CC1)n2C. The van der Waals surface area contributed by atoms with Crippen LogP contribution in [-0.2, 0) is 24.9 Å². The van der Waals surface area contributed by atoms with Crippen molar-refractivity contribution in [1.29, 1.82) is 5.26 Å². The number of aromatic nitrogens is 2. The highest BCUT2D eigenvalue weighted by Crippen LogP contribution is 2.23. The number of benzene rings is 2. The standard InChI is InChI=1S/C28H29FN6O/c1-31-23-8-9-27-26(16-23)33-28(34(27)2)19-35-12-10-21(11-13-35)25(5-3-4-14-36)32-18-22-7-6-20(17-30)15-24(22)29/h3-10,14-16,31-32H,11-13,18-19H2,1-2H3/b4-3-,25-5-. The minimum atomic E-state index is -0.419. The number of nitriles is 1. The zero-order chi connectivity index (χ0) is 25.5. The maximum atomic E-state index is 14.3. The molecule has 0 bridgehead atoms. The first kappa shape index (κ1) is 24.9. The van der Waals surface area contributed by atoms with Gasteiger partial charge in [-0.3, -0.25) is 9.69 Å². The normalized spacial score (nSPS) is 14.6. The van der Waals surface area contributed by atoms with Crippen LogP contribution in [0.1, 0.15) is 23.4 Å². The summed E-state index contributed by atoms with van der Waals surface area (Å²) < 4.78 is 16.5. The van der Waals surface area contributed by atoms with Gasteiger partial charge in [0.05, 0.1) is 29.2 Å². The number of fused-ring (bicyclic) bond motifs is 1. The summed E-state index contributed by atoms with van der Waals surface area (Å²) >= 11 is 0. The van der Waals surface area contributed by atoms with Gasteiger partial charge < -0.3 is 15.2 Å². The van der Waals surface area contributed by atoms with Gasteiger partial charge in [0.2, 0.25) is 0 Å². The Labute approximate surface area is 210 Å². The Bertz CT molecular complexity index is 1400. The third kappa shape index (κ3) is 5.70. The lowest BCUT2D eigenvalue weighted by molar-refractivity contribution is -0.104. The molecule has 1 aliphatic rings. The Morgan fingerprint density at radius 3 is 2.81 bits per heavy atom. The van der Waals surface area contributed by atoms with E-state index in [4.69, 9.17) is 10.2 Å². The maximum Gasteiger partial charge on any atom is 0.142 e. The van der Waals surface area contributed by atoms with Crippen molar-refractivity contribution in [2.75, 3.05) is 25.5 Å². The molecule has 4 rings (SSSR count). The predicted molar refractivity (Wildman–Crippen MR) is 139 cm³/mol. The molecule has 0 radical (unpaired) electrons. The average Bonchev–Trinajstić information content (AvgIpc) is 3.21. The number of nitrogens with one attached hydrogen (secondary N) is 2. The quantitative estimate of drug-likeness (QED) is 0.269. The lowest BCUT2D eigenvalue weighted by Crippen LogP contribution is -2.31. The van der Waals surface area contributed by atoms with E-state index < -0.39 is 5.82 Å². The van der Waals surface area contributed by atoms with Gasteiger partial charge in [-0.2, -0.15) is 5.26 Å². The molecule has 3 aromatic rings. The van der Waals surface area contributed by atoms with Crippen molar-refractivity contribution in [3.8, 4) is 6.07 Å². The summed E-state index contributed by atoms with van der Waals surface area (Å²) in [6, 6.07) is 12.6. The Kier molecular flexibility index (Phi) is 7.93. The van der Waals surface area contributed by atoms with Crippen LogP contribution < -0.4 is 10.6 Å². The van der Waals surface area contributed by atoms with Crippen molar-refractivity contribution in [1.82, 2.24) is 19.8 Å². The van der Waals surface area contributed by atoms with Crippen molar-refractivity contribution in [2.24, 2.45) is 7.05 Å². The second-order valence-corrected chi connectivity index (χ2v) is 8.63. The molecule has 0 spiro atoms. The molecular weight excluding hydrogens is 455 g/mol. The number of halogens is 1. The van der Waals surface area contributed by atoms with Crippen LogP contribution in [0.25, 0.3) is 11.0 Å². The van der Waals surface area contributed by atoms with Gasteiger partial charge in [-0.1, -0.05) is 18.2 Å². The molecule has 8 heteroatoms. The van der Waals surface area contributed by atoms with E-state index in [2.05, 4.69) is 38.3 Å². The summed E-state index contributed by atoms with van der Waals surface area (Å²) in [5.41, 5.74) is 5.83. The highest BCUT2D eigenvalue weighted by atomic mass is 19.1. The molecule has 2 heterocycles. The average molecular weight is 485 g/mol. The zero-order valence-electron chi connectivity index (χ0n) is 20.5. The number of hydrogen-bond donors (Lipinski definition) is 2. The number of nitrogens with zero attached hydrogens (tertiary/aromatic N) is 4. The molecule has 0 unspecified atom stereocenters. The van der Waals surface area contributed by atoms with Gasteiger partial charge in [-0.25, -0.2) is 9.37 Å². The fourth-order valence-corrected chi connectivity index (χ4v) is 4.27. The van der Waals surface area contributed by atoms with Crippen LogP contribution in [0.2, 0.25) is 0 Å². The first-order valence-electron chi connectivity index (χ1n) is 11.8. The Hall–Kier alpha value is -4.22. The molecule has 0 fully saturated rings. The summed E-state index contributed by atoms with van der Waals surface area (Å²) in [5.74, 6) is 0.589. The molecule has 0 atom stereocenters. The highest BCUT2D eigenvalue weighted by molar-refractivity contribution is 5.80. The van der Waals surface area contributed by atoms with E-state index in [1.54, 1.807) is 18.2 Å². The number of anilines is 1. The number of aryl methyl sites for hydroxylation is 1. The summed E-state index contributed by atoms with van der Waals surface area (Å²) in [6.45, 7) is 2.60. The lowest BCUT2D eigenvalue weighted by atomic mass is 10.0. The molecule has 2 aromatic carbocycles.